The molecular weight excluding hydrogens is 252 g/mol. The number of hydrogen-bond acceptors (Lipinski definition) is 3. The second-order valence-corrected chi connectivity index (χ2v) is 5.46. The minimum atomic E-state index is -0.0638. The summed E-state index contributed by atoms with van der Waals surface area (Å²) in [5, 5.41) is 0.261. The fraction of sp³-hybridized carbons (Fsp3) is 0.615. The van der Waals surface area contributed by atoms with Crippen molar-refractivity contribution in [3.63, 3.8) is 0 Å². The Morgan fingerprint density at radius 3 is 2.50 bits per heavy atom. The van der Waals surface area contributed by atoms with Gasteiger partial charge in [0.2, 0.25) is 0 Å². The van der Waals surface area contributed by atoms with Crippen LogP contribution >= 0.6 is 11.6 Å². The molecule has 0 saturated carbocycles. The molecule has 2 heterocycles. The molecule has 1 aliphatic rings. The van der Waals surface area contributed by atoms with Gasteiger partial charge in [0.15, 0.2) is 11.0 Å². The van der Waals surface area contributed by atoms with Gasteiger partial charge in [-0.3, -0.25) is 9.69 Å². The maximum Gasteiger partial charge on any atom is 0.289 e. The van der Waals surface area contributed by atoms with E-state index < -0.39 is 0 Å². The number of nitrogens with zero attached hydrogens (tertiary/aromatic N) is 2. The molecule has 0 aromatic carbocycles. The Kier molecular flexibility index (Phi) is 4.30. The van der Waals surface area contributed by atoms with E-state index in [1.165, 1.54) is 0 Å². The van der Waals surface area contributed by atoms with E-state index in [0.29, 0.717) is 11.7 Å². The third-order valence-electron chi connectivity index (χ3n) is 3.07. The summed E-state index contributed by atoms with van der Waals surface area (Å²) in [5.41, 5.74) is 0. The monoisotopic (exact) mass is 270 g/mol. The van der Waals surface area contributed by atoms with Crippen LogP contribution in [0.1, 0.15) is 24.4 Å². The predicted molar refractivity (Wildman–Crippen MR) is 70.9 cm³/mol. The molecule has 0 N–H and O–H groups in total. The maximum atomic E-state index is 12.1. The molecule has 1 fully saturated rings. The largest absolute Gasteiger partial charge is 0.440 e. The molecule has 100 valence electrons. The molecule has 0 atom stereocenters. The lowest BCUT2D eigenvalue weighted by Crippen LogP contribution is -2.49. The van der Waals surface area contributed by atoms with Crippen molar-refractivity contribution in [3.05, 3.63) is 23.1 Å². The molecule has 0 spiro atoms. The smallest absolute Gasteiger partial charge is 0.289 e. The Morgan fingerprint density at radius 2 is 2.00 bits per heavy atom. The topological polar surface area (TPSA) is 36.7 Å². The van der Waals surface area contributed by atoms with Gasteiger partial charge in [-0.25, -0.2) is 0 Å². The van der Waals surface area contributed by atoms with Crippen LogP contribution in [0.4, 0.5) is 0 Å². The minimum Gasteiger partial charge on any atom is -0.440 e. The van der Waals surface area contributed by atoms with Gasteiger partial charge in [0, 0.05) is 32.7 Å². The molecule has 2 rings (SSSR count). The van der Waals surface area contributed by atoms with E-state index in [1.54, 1.807) is 12.1 Å². The average Bonchev–Trinajstić information content (AvgIpc) is 2.75. The van der Waals surface area contributed by atoms with Crippen molar-refractivity contribution in [1.29, 1.82) is 0 Å². The van der Waals surface area contributed by atoms with Gasteiger partial charge in [0.25, 0.3) is 5.91 Å². The standard InChI is InChI=1S/C13H19ClN2O2/c1-10(2)9-15-5-7-16(8-6-15)13(17)11-3-4-12(14)18-11/h3-4,10H,5-9H2,1-2H3. The summed E-state index contributed by atoms with van der Waals surface area (Å²) < 4.78 is 5.15. The highest BCUT2D eigenvalue weighted by Gasteiger charge is 2.24. The molecule has 0 radical (unpaired) electrons. The van der Waals surface area contributed by atoms with Crippen LogP contribution in [0, 0.1) is 5.92 Å². The van der Waals surface area contributed by atoms with Gasteiger partial charge in [0.1, 0.15) is 0 Å². The fourth-order valence-electron chi connectivity index (χ4n) is 2.24. The second-order valence-electron chi connectivity index (χ2n) is 5.09. The molecule has 1 aromatic heterocycles. The first-order chi connectivity index (χ1) is 8.56. The fourth-order valence-corrected chi connectivity index (χ4v) is 2.38. The molecule has 0 unspecified atom stereocenters. The van der Waals surface area contributed by atoms with Gasteiger partial charge in [-0.15, -0.1) is 0 Å². The van der Waals surface area contributed by atoms with Crippen LogP contribution < -0.4 is 0 Å². The molecule has 5 heteroatoms. The van der Waals surface area contributed by atoms with E-state index in [9.17, 15) is 4.79 Å². The van der Waals surface area contributed by atoms with Crippen molar-refractivity contribution in [2.75, 3.05) is 32.7 Å². The van der Waals surface area contributed by atoms with Gasteiger partial charge in [0.05, 0.1) is 0 Å². The first-order valence-corrected chi connectivity index (χ1v) is 6.71. The Labute approximate surface area is 112 Å². The zero-order chi connectivity index (χ0) is 13.1. The summed E-state index contributed by atoms with van der Waals surface area (Å²) >= 11 is 5.68. The summed E-state index contributed by atoms with van der Waals surface area (Å²) in [6.45, 7) is 8.88. The number of hydrogen-bond donors (Lipinski definition) is 0. The van der Waals surface area contributed by atoms with Crippen molar-refractivity contribution >= 4 is 17.5 Å². The van der Waals surface area contributed by atoms with E-state index in [-0.39, 0.29) is 11.1 Å². The predicted octanol–water partition coefficient (Wildman–Crippen LogP) is 2.35. The summed E-state index contributed by atoms with van der Waals surface area (Å²) in [4.78, 5) is 16.3. The van der Waals surface area contributed by atoms with Gasteiger partial charge in [-0.1, -0.05) is 13.8 Å². The van der Waals surface area contributed by atoms with Crippen molar-refractivity contribution in [3.8, 4) is 0 Å². The Morgan fingerprint density at radius 1 is 1.33 bits per heavy atom. The summed E-state index contributed by atoms with van der Waals surface area (Å²) in [6, 6.07) is 3.23. The summed E-state index contributed by atoms with van der Waals surface area (Å²) in [6.07, 6.45) is 0. The van der Waals surface area contributed by atoms with Crippen molar-refractivity contribution in [2.24, 2.45) is 5.92 Å². The van der Waals surface area contributed by atoms with Crippen LogP contribution in [0.15, 0.2) is 16.5 Å². The normalized spacial score (nSPS) is 17.4. The van der Waals surface area contributed by atoms with Gasteiger partial charge in [-0.2, -0.15) is 0 Å². The third-order valence-corrected chi connectivity index (χ3v) is 3.27. The van der Waals surface area contributed by atoms with Gasteiger partial charge < -0.3 is 9.32 Å². The number of piperazine rings is 1. The van der Waals surface area contributed by atoms with E-state index in [2.05, 4.69) is 18.7 Å². The molecular formula is C13H19ClN2O2. The molecule has 1 saturated heterocycles. The first kappa shape index (κ1) is 13.4. The quantitative estimate of drug-likeness (QED) is 0.846. The molecule has 1 aliphatic heterocycles. The Balaban J connectivity index is 1.88. The van der Waals surface area contributed by atoms with Crippen LogP contribution in [-0.4, -0.2) is 48.4 Å². The maximum absolute atomic E-state index is 12.1. The van der Waals surface area contributed by atoms with Gasteiger partial charge >= 0.3 is 0 Å². The van der Waals surface area contributed by atoms with E-state index >= 15 is 0 Å². The molecule has 18 heavy (non-hydrogen) atoms. The lowest BCUT2D eigenvalue weighted by atomic mass is 10.2. The lowest BCUT2D eigenvalue weighted by molar-refractivity contribution is 0.0593. The van der Waals surface area contributed by atoms with Crippen LogP contribution in [0.5, 0.6) is 0 Å². The molecule has 1 amide bonds. The van der Waals surface area contributed by atoms with Crippen molar-refractivity contribution < 1.29 is 9.21 Å². The third kappa shape index (κ3) is 3.27. The lowest BCUT2D eigenvalue weighted by Gasteiger charge is -2.35. The number of amides is 1. The summed E-state index contributed by atoms with van der Waals surface area (Å²) in [5.74, 6) is 0.930. The summed E-state index contributed by atoms with van der Waals surface area (Å²) in [7, 11) is 0. The van der Waals surface area contributed by atoms with Crippen molar-refractivity contribution in [2.45, 2.75) is 13.8 Å². The number of carbonyl (C=O) groups excluding carboxylic acids is 1. The average molecular weight is 271 g/mol. The van der Waals surface area contributed by atoms with E-state index in [4.69, 9.17) is 16.0 Å². The van der Waals surface area contributed by atoms with E-state index in [0.717, 1.165) is 32.7 Å². The molecule has 1 aromatic rings. The molecule has 0 aliphatic carbocycles. The number of rotatable bonds is 3. The minimum absolute atomic E-state index is 0.0638. The number of carbonyl (C=O) groups is 1. The van der Waals surface area contributed by atoms with Crippen LogP contribution in [0.2, 0.25) is 5.22 Å². The second kappa shape index (κ2) is 5.76. The van der Waals surface area contributed by atoms with Gasteiger partial charge in [-0.05, 0) is 29.7 Å². The Hall–Kier alpha value is -1.00. The van der Waals surface area contributed by atoms with Crippen molar-refractivity contribution in [1.82, 2.24) is 9.80 Å². The van der Waals surface area contributed by atoms with Crippen LogP contribution in [0.3, 0.4) is 0 Å². The zero-order valence-corrected chi connectivity index (χ0v) is 11.6. The number of furan rings is 1. The van der Waals surface area contributed by atoms with Crippen LogP contribution in [0.25, 0.3) is 0 Å². The molecule has 4 nitrogen and oxygen atoms in total. The SMILES string of the molecule is CC(C)CN1CCN(C(=O)c2ccc(Cl)o2)CC1. The zero-order valence-electron chi connectivity index (χ0n) is 10.9. The Bertz CT molecular complexity index is 409. The van der Waals surface area contributed by atoms with E-state index in [1.807, 2.05) is 4.90 Å². The highest BCUT2D eigenvalue weighted by atomic mass is 35.5. The first-order valence-electron chi connectivity index (χ1n) is 6.33. The number of halogens is 1. The molecule has 0 bridgehead atoms. The highest BCUT2D eigenvalue weighted by Crippen LogP contribution is 2.16. The highest BCUT2D eigenvalue weighted by molar-refractivity contribution is 6.29. The van der Waals surface area contributed by atoms with Crippen LogP contribution in [-0.2, 0) is 0 Å².